The molecule has 3 nitrogen and oxygen atoms in total. The maximum atomic E-state index is 12.5. The van der Waals surface area contributed by atoms with E-state index < -0.39 is 19.1 Å². The summed E-state index contributed by atoms with van der Waals surface area (Å²) in [6, 6.07) is 5.11. The first kappa shape index (κ1) is 10.4. The van der Waals surface area contributed by atoms with E-state index in [-0.39, 0.29) is 0 Å². The first-order chi connectivity index (χ1) is 5.91. The van der Waals surface area contributed by atoms with Crippen molar-refractivity contribution in [3.63, 3.8) is 0 Å². The van der Waals surface area contributed by atoms with Crippen LogP contribution in [0.3, 0.4) is 0 Å². The Hall–Kier alpha value is -0.700. The Morgan fingerprint density at radius 3 is 2.15 bits per heavy atom. The van der Waals surface area contributed by atoms with Crippen LogP contribution in [0.15, 0.2) is 24.3 Å². The molecule has 1 unspecified atom stereocenters. The number of hydrogen-bond donors (Lipinski definition) is 2. The molecule has 0 radical (unpaired) electrons. The lowest BCUT2D eigenvalue weighted by atomic mass is 10.2. The zero-order valence-corrected chi connectivity index (χ0v) is 7.91. The Balaban J connectivity index is 2.97. The van der Waals surface area contributed by atoms with Crippen LogP contribution >= 0.6 is 7.60 Å². The molecule has 0 saturated carbocycles. The number of benzene rings is 1. The molecule has 1 aromatic rings. The van der Waals surface area contributed by atoms with Crippen LogP contribution in [-0.2, 0) is 4.57 Å². The van der Waals surface area contributed by atoms with Crippen LogP contribution in [0, 0.1) is 5.82 Å². The number of halogens is 1. The van der Waals surface area contributed by atoms with E-state index in [0.29, 0.717) is 5.56 Å². The Morgan fingerprint density at radius 2 is 1.77 bits per heavy atom. The zero-order chi connectivity index (χ0) is 10.1. The van der Waals surface area contributed by atoms with E-state index in [0.717, 1.165) is 0 Å². The van der Waals surface area contributed by atoms with Crippen LogP contribution in [0.4, 0.5) is 4.39 Å². The van der Waals surface area contributed by atoms with Crippen molar-refractivity contribution in [2.75, 3.05) is 0 Å². The molecule has 1 rings (SSSR count). The molecule has 1 atom stereocenters. The molecule has 13 heavy (non-hydrogen) atoms. The molecule has 0 spiro atoms. The SMILES string of the molecule is CC(c1ccc(F)cc1)P(=O)(O)O. The second kappa shape index (κ2) is 3.58. The first-order valence-corrected chi connectivity index (χ1v) is 5.40. The van der Waals surface area contributed by atoms with Crippen LogP contribution < -0.4 is 0 Å². The molecular formula is C8H10FO3P. The third kappa shape index (κ3) is 2.62. The lowest BCUT2D eigenvalue weighted by Crippen LogP contribution is -1.94. The van der Waals surface area contributed by atoms with Crippen molar-refractivity contribution in [1.82, 2.24) is 0 Å². The summed E-state index contributed by atoms with van der Waals surface area (Å²) < 4.78 is 23.3. The van der Waals surface area contributed by atoms with Crippen molar-refractivity contribution in [3.05, 3.63) is 35.6 Å². The van der Waals surface area contributed by atoms with Crippen molar-refractivity contribution >= 4 is 7.60 Å². The third-order valence-electron chi connectivity index (χ3n) is 1.86. The summed E-state index contributed by atoms with van der Waals surface area (Å²) in [7, 11) is -4.12. The van der Waals surface area contributed by atoms with Gasteiger partial charge in [0.15, 0.2) is 0 Å². The Kier molecular flexibility index (Phi) is 2.86. The lowest BCUT2D eigenvalue weighted by molar-refractivity contribution is 0.361. The summed E-state index contributed by atoms with van der Waals surface area (Å²) in [6.07, 6.45) is 0. The highest BCUT2D eigenvalue weighted by atomic mass is 31.2. The summed E-state index contributed by atoms with van der Waals surface area (Å²) >= 11 is 0. The first-order valence-electron chi connectivity index (χ1n) is 3.72. The molecule has 0 aliphatic rings. The van der Waals surface area contributed by atoms with Gasteiger partial charge in [-0.05, 0) is 24.6 Å². The van der Waals surface area contributed by atoms with Gasteiger partial charge in [0.25, 0.3) is 0 Å². The minimum atomic E-state index is -4.12. The van der Waals surface area contributed by atoms with Crippen molar-refractivity contribution in [2.45, 2.75) is 12.6 Å². The molecule has 0 amide bonds. The van der Waals surface area contributed by atoms with E-state index in [9.17, 15) is 8.96 Å². The number of hydrogen-bond acceptors (Lipinski definition) is 1. The Labute approximate surface area is 75.4 Å². The smallest absolute Gasteiger partial charge is 0.324 e. The molecule has 0 fully saturated rings. The standard InChI is InChI=1S/C8H10FO3P/c1-6(13(10,11)12)7-2-4-8(9)5-3-7/h2-6H,1H3,(H2,10,11,12). The van der Waals surface area contributed by atoms with E-state index in [4.69, 9.17) is 9.79 Å². The predicted octanol–water partition coefficient (Wildman–Crippen LogP) is 2.06. The monoisotopic (exact) mass is 204 g/mol. The van der Waals surface area contributed by atoms with Crippen LogP contribution in [0.2, 0.25) is 0 Å². The van der Waals surface area contributed by atoms with Gasteiger partial charge >= 0.3 is 7.60 Å². The second-order valence-corrected chi connectivity index (χ2v) is 4.77. The van der Waals surface area contributed by atoms with Gasteiger partial charge in [0.2, 0.25) is 0 Å². The van der Waals surface area contributed by atoms with Gasteiger partial charge in [-0.25, -0.2) is 4.39 Å². The Morgan fingerprint density at radius 1 is 1.31 bits per heavy atom. The largest absolute Gasteiger partial charge is 0.332 e. The summed E-state index contributed by atoms with van der Waals surface area (Å²) in [5.41, 5.74) is -0.442. The maximum Gasteiger partial charge on any atom is 0.332 e. The highest BCUT2D eigenvalue weighted by molar-refractivity contribution is 7.52. The van der Waals surface area contributed by atoms with Crippen LogP contribution in [0.25, 0.3) is 0 Å². The molecule has 0 aromatic heterocycles. The average Bonchev–Trinajstić information content (AvgIpc) is 2.03. The minimum Gasteiger partial charge on any atom is -0.324 e. The van der Waals surface area contributed by atoms with Crippen molar-refractivity contribution in [3.8, 4) is 0 Å². The minimum absolute atomic E-state index is 0.415. The van der Waals surface area contributed by atoms with Crippen LogP contribution in [-0.4, -0.2) is 9.79 Å². The lowest BCUT2D eigenvalue weighted by Gasteiger charge is -2.13. The summed E-state index contributed by atoms with van der Waals surface area (Å²) in [5, 5.41) is 0. The molecule has 0 bridgehead atoms. The van der Waals surface area contributed by atoms with Gasteiger partial charge in [-0.1, -0.05) is 12.1 Å². The fraction of sp³-hybridized carbons (Fsp3) is 0.250. The molecule has 0 aliphatic heterocycles. The van der Waals surface area contributed by atoms with E-state index in [1.165, 1.54) is 31.2 Å². The van der Waals surface area contributed by atoms with Crippen molar-refractivity contribution in [2.24, 2.45) is 0 Å². The van der Waals surface area contributed by atoms with Gasteiger partial charge in [-0.2, -0.15) is 0 Å². The van der Waals surface area contributed by atoms with Crippen LogP contribution in [0.5, 0.6) is 0 Å². The van der Waals surface area contributed by atoms with Crippen molar-refractivity contribution < 1.29 is 18.7 Å². The van der Waals surface area contributed by atoms with E-state index in [1.54, 1.807) is 0 Å². The summed E-state index contributed by atoms with van der Waals surface area (Å²) in [4.78, 5) is 17.7. The summed E-state index contributed by atoms with van der Waals surface area (Å²) in [6.45, 7) is 1.41. The molecule has 1 aromatic carbocycles. The second-order valence-electron chi connectivity index (χ2n) is 2.82. The zero-order valence-electron chi connectivity index (χ0n) is 7.01. The van der Waals surface area contributed by atoms with Gasteiger partial charge in [0.1, 0.15) is 5.82 Å². The van der Waals surface area contributed by atoms with Gasteiger partial charge in [0.05, 0.1) is 5.66 Å². The van der Waals surface area contributed by atoms with Gasteiger partial charge in [-0.3, -0.25) is 4.57 Å². The molecule has 0 saturated heterocycles. The quantitative estimate of drug-likeness (QED) is 0.725. The van der Waals surface area contributed by atoms with Crippen LogP contribution in [0.1, 0.15) is 18.1 Å². The molecule has 0 heterocycles. The summed E-state index contributed by atoms with van der Waals surface area (Å²) in [5.74, 6) is -0.415. The third-order valence-corrected chi connectivity index (χ3v) is 3.16. The van der Waals surface area contributed by atoms with Gasteiger partial charge in [0, 0.05) is 0 Å². The molecular weight excluding hydrogens is 194 g/mol. The topological polar surface area (TPSA) is 57.5 Å². The van der Waals surface area contributed by atoms with E-state index in [1.807, 2.05) is 0 Å². The highest BCUT2D eigenvalue weighted by Crippen LogP contribution is 2.51. The van der Waals surface area contributed by atoms with Gasteiger partial charge in [-0.15, -0.1) is 0 Å². The van der Waals surface area contributed by atoms with E-state index in [2.05, 4.69) is 0 Å². The Bertz CT molecular complexity index is 330. The van der Waals surface area contributed by atoms with E-state index >= 15 is 0 Å². The normalized spacial score (nSPS) is 14.2. The average molecular weight is 204 g/mol. The fourth-order valence-electron chi connectivity index (χ4n) is 0.935. The van der Waals surface area contributed by atoms with Gasteiger partial charge < -0.3 is 9.79 Å². The molecule has 5 heteroatoms. The number of rotatable bonds is 2. The predicted molar refractivity (Wildman–Crippen MR) is 46.9 cm³/mol. The fourth-order valence-corrected chi connectivity index (χ4v) is 1.50. The molecule has 0 aliphatic carbocycles. The highest BCUT2D eigenvalue weighted by Gasteiger charge is 2.25. The maximum absolute atomic E-state index is 12.5. The molecule has 2 N–H and O–H groups in total. The molecule has 72 valence electrons. The van der Waals surface area contributed by atoms with Crippen molar-refractivity contribution in [1.29, 1.82) is 0 Å².